The summed E-state index contributed by atoms with van der Waals surface area (Å²) < 4.78 is 41.7. The molecule has 5 nitrogen and oxygen atoms in total. The number of hydrogen-bond donors (Lipinski definition) is 1. The molecule has 0 fully saturated rings. The smallest absolute Gasteiger partial charge is 0.316 e. The fourth-order valence-electron chi connectivity index (χ4n) is 4.50. The van der Waals surface area contributed by atoms with Crippen molar-refractivity contribution in [3.63, 3.8) is 0 Å². The number of thioether (sulfide) groups is 1. The highest BCUT2D eigenvalue weighted by Gasteiger charge is 2.40. The lowest BCUT2D eigenvalue weighted by Gasteiger charge is -2.26. The molecule has 0 saturated carbocycles. The number of nitriles is 2. The number of carbonyl (C=O) groups excluding carboxylic acids is 1. The summed E-state index contributed by atoms with van der Waals surface area (Å²) in [6.45, 7) is 1.89. The zero-order valence-corrected chi connectivity index (χ0v) is 19.6. The van der Waals surface area contributed by atoms with Crippen LogP contribution in [-0.2, 0) is 36.7 Å². The van der Waals surface area contributed by atoms with E-state index in [0.717, 1.165) is 54.3 Å². The van der Waals surface area contributed by atoms with Gasteiger partial charge in [0.05, 0.1) is 22.4 Å². The maximum atomic E-state index is 13.9. The van der Waals surface area contributed by atoms with Crippen LogP contribution in [0.1, 0.15) is 64.6 Å². The molecule has 4 rings (SSSR count). The minimum Gasteiger partial charge on any atom is -0.316 e. The molecule has 2 heterocycles. The van der Waals surface area contributed by atoms with E-state index in [0.29, 0.717) is 22.7 Å². The number of nitrogens with one attached hydrogen (secondary N) is 1. The number of aromatic nitrogens is 1. The van der Waals surface area contributed by atoms with Crippen LogP contribution in [0.15, 0.2) is 5.03 Å². The standard InChI is InChI=1S/C23H21F3N4OS2/c1-12-6-7-17-14(8-12)20(23(24,25)26)16(10-28)21(29-17)32-11-19(31)30-22-15(9-27)13-4-2-3-5-18(13)33-22/h12H,2-8,11H2,1H3,(H,30,31)/t12-/m1/s1. The van der Waals surface area contributed by atoms with Gasteiger partial charge in [-0.15, -0.1) is 11.3 Å². The van der Waals surface area contributed by atoms with Gasteiger partial charge in [0.15, 0.2) is 0 Å². The molecule has 2 aliphatic rings. The van der Waals surface area contributed by atoms with Crippen LogP contribution in [0.4, 0.5) is 18.2 Å². The minimum atomic E-state index is -4.68. The van der Waals surface area contributed by atoms with Gasteiger partial charge in [-0.3, -0.25) is 4.79 Å². The van der Waals surface area contributed by atoms with Gasteiger partial charge >= 0.3 is 6.18 Å². The summed E-state index contributed by atoms with van der Waals surface area (Å²) in [5.41, 5.74) is 0.504. The first-order chi connectivity index (χ1) is 15.7. The molecule has 1 N–H and O–H groups in total. The van der Waals surface area contributed by atoms with Crippen molar-refractivity contribution >= 4 is 34.0 Å². The van der Waals surface area contributed by atoms with E-state index < -0.39 is 23.2 Å². The van der Waals surface area contributed by atoms with Crippen molar-refractivity contribution in [2.75, 3.05) is 11.1 Å². The summed E-state index contributed by atoms with van der Waals surface area (Å²) in [5.74, 6) is -0.565. The fourth-order valence-corrected chi connectivity index (χ4v) is 6.56. The summed E-state index contributed by atoms with van der Waals surface area (Å²) in [6, 6.07) is 3.86. The fraction of sp³-hybridized carbons (Fsp3) is 0.478. The number of fused-ring (bicyclic) bond motifs is 2. The van der Waals surface area contributed by atoms with E-state index in [1.807, 2.05) is 6.92 Å². The molecule has 0 spiro atoms. The lowest BCUT2D eigenvalue weighted by Crippen LogP contribution is -2.22. The van der Waals surface area contributed by atoms with E-state index in [2.05, 4.69) is 16.4 Å². The van der Waals surface area contributed by atoms with E-state index in [-0.39, 0.29) is 28.7 Å². The summed E-state index contributed by atoms with van der Waals surface area (Å²) in [4.78, 5) is 18.1. The highest BCUT2D eigenvalue weighted by atomic mass is 32.2. The molecular formula is C23H21F3N4OS2. The van der Waals surface area contributed by atoms with E-state index in [1.165, 1.54) is 11.3 Å². The lowest BCUT2D eigenvalue weighted by atomic mass is 9.84. The summed E-state index contributed by atoms with van der Waals surface area (Å²) in [5, 5.41) is 22.2. The van der Waals surface area contributed by atoms with Gasteiger partial charge in [0.25, 0.3) is 0 Å². The zero-order chi connectivity index (χ0) is 23.8. The number of hydrogen-bond acceptors (Lipinski definition) is 6. The number of amides is 1. The van der Waals surface area contributed by atoms with Crippen molar-refractivity contribution in [3.05, 3.63) is 38.4 Å². The Hall–Kier alpha value is -2.56. The van der Waals surface area contributed by atoms with Crippen molar-refractivity contribution in [3.8, 4) is 12.1 Å². The molecule has 0 aromatic carbocycles. The first-order valence-corrected chi connectivity index (χ1v) is 12.5. The molecule has 2 aromatic rings. The Kier molecular flexibility index (Phi) is 6.69. The Bertz CT molecular complexity index is 1190. The third-order valence-corrected chi connectivity index (χ3v) is 8.23. The zero-order valence-electron chi connectivity index (χ0n) is 17.9. The molecule has 1 amide bonds. The van der Waals surface area contributed by atoms with Crippen LogP contribution in [0.3, 0.4) is 0 Å². The Morgan fingerprint density at radius 3 is 2.61 bits per heavy atom. The van der Waals surface area contributed by atoms with Crippen LogP contribution in [-0.4, -0.2) is 16.6 Å². The van der Waals surface area contributed by atoms with Gasteiger partial charge in [0.2, 0.25) is 5.91 Å². The second-order valence-corrected chi connectivity index (χ2v) is 10.5. The summed E-state index contributed by atoms with van der Waals surface area (Å²) >= 11 is 2.22. The number of alkyl halides is 3. The monoisotopic (exact) mass is 490 g/mol. The molecule has 0 saturated heterocycles. The van der Waals surface area contributed by atoms with Gasteiger partial charge in [0, 0.05) is 10.6 Å². The lowest BCUT2D eigenvalue weighted by molar-refractivity contribution is -0.138. The van der Waals surface area contributed by atoms with Gasteiger partial charge in [-0.25, -0.2) is 4.98 Å². The van der Waals surface area contributed by atoms with Gasteiger partial charge in [-0.05, 0) is 62.0 Å². The molecule has 0 radical (unpaired) electrons. The average molecular weight is 491 g/mol. The second kappa shape index (κ2) is 9.36. The average Bonchev–Trinajstić information content (AvgIpc) is 3.12. The third-order valence-electron chi connectivity index (χ3n) is 6.05. The molecule has 172 valence electrons. The van der Waals surface area contributed by atoms with Gasteiger partial charge in [0.1, 0.15) is 22.2 Å². The maximum Gasteiger partial charge on any atom is 0.418 e. The van der Waals surface area contributed by atoms with Crippen molar-refractivity contribution < 1.29 is 18.0 Å². The quantitative estimate of drug-likeness (QED) is 0.560. The van der Waals surface area contributed by atoms with Crippen LogP contribution in [0.25, 0.3) is 0 Å². The number of anilines is 1. The van der Waals surface area contributed by atoms with Gasteiger partial charge in [-0.1, -0.05) is 18.7 Å². The molecule has 0 unspecified atom stereocenters. The summed E-state index contributed by atoms with van der Waals surface area (Å²) in [6.07, 6.45) is 0.435. The highest BCUT2D eigenvalue weighted by Crippen LogP contribution is 2.42. The topological polar surface area (TPSA) is 89.6 Å². The first kappa shape index (κ1) is 23.6. The van der Waals surface area contributed by atoms with E-state index in [9.17, 15) is 28.5 Å². The first-order valence-electron chi connectivity index (χ1n) is 10.7. The van der Waals surface area contributed by atoms with E-state index >= 15 is 0 Å². The SMILES string of the molecule is C[C@@H]1CCc2nc(SCC(=O)Nc3sc4c(c3C#N)CCCC4)c(C#N)c(C(F)(F)F)c2C1. The van der Waals surface area contributed by atoms with Crippen LogP contribution in [0, 0.1) is 28.6 Å². The normalized spacial score (nSPS) is 17.5. The Labute approximate surface area is 198 Å². The number of nitrogens with zero attached hydrogens (tertiary/aromatic N) is 3. The molecule has 10 heteroatoms. The largest absolute Gasteiger partial charge is 0.418 e. The molecular weight excluding hydrogens is 469 g/mol. The second-order valence-electron chi connectivity index (χ2n) is 8.41. The van der Waals surface area contributed by atoms with Crippen molar-refractivity contribution in [2.45, 2.75) is 63.1 Å². The van der Waals surface area contributed by atoms with Crippen LogP contribution in [0.5, 0.6) is 0 Å². The maximum absolute atomic E-state index is 13.9. The van der Waals surface area contributed by atoms with Crippen LogP contribution < -0.4 is 5.32 Å². The number of aryl methyl sites for hydroxylation is 2. The van der Waals surface area contributed by atoms with Crippen molar-refractivity contribution in [1.82, 2.24) is 4.98 Å². The molecule has 0 bridgehead atoms. The highest BCUT2D eigenvalue weighted by molar-refractivity contribution is 8.00. The number of pyridine rings is 1. The van der Waals surface area contributed by atoms with E-state index in [4.69, 9.17) is 0 Å². The predicted molar refractivity (Wildman–Crippen MR) is 120 cm³/mol. The number of carbonyl (C=O) groups is 1. The molecule has 2 aromatic heterocycles. The number of thiophene rings is 1. The summed E-state index contributed by atoms with van der Waals surface area (Å²) in [7, 11) is 0. The number of halogens is 3. The van der Waals surface area contributed by atoms with Gasteiger partial charge < -0.3 is 5.32 Å². The Morgan fingerprint density at radius 1 is 1.18 bits per heavy atom. The van der Waals surface area contributed by atoms with Crippen molar-refractivity contribution in [2.24, 2.45) is 5.92 Å². The number of rotatable bonds is 4. The van der Waals surface area contributed by atoms with Gasteiger partial charge in [-0.2, -0.15) is 23.7 Å². The Balaban J connectivity index is 1.58. The van der Waals surface area contributed by atoms with Crippen LogP contribution >= 0.6 is 23.1 Å². The van der Waals surface area contributed by atoms with E-state index in [1.54, 1.807) is 6.07 Å². The Morgan fingerprint density at radius 2 is 1.91 bits per heavy atom. The van der Waals surface area contributed by atoms with Crippen molar-refractivity contribution in [1.29, 1.82) is 10.5 Å². The van der Waals surface area contributed by atoms with Crippen LogP contribution in [0.2, 0.25) is 0 Å². The minimum absolute atomic E-state index is 0.0701. The molecule has 33 heavy (non-hydrogen) atoms. The molecule has 2 aliphatic carbocycles. The molecule has 1 atom stereocenters. The third kappa shape index (κ3) is 4.73. The molecule has 0 aliphatic heterocycles. The predicted octanol–water partition coefficient (Wildman–Crippen LogP) is 5.64.